The van der Waals surface area contributed by atoms with E-state index < -0.39 is 30.5 Å². The van der Waals surface area contributed by atoms with E-state index >= 15 is 0 Å². The molecule has 0 saturated heterocycles. The second kappa shape index (κ2) is 6.86. The van der Waals surface area contributed by atoms with Crippen LogP contribution in [0.5, 0.6) is 0 Å². The number of unbranched alkanes of at least 4 members (excludes halogenated alkanes) is 1. The molecule has 7 nitrogen and oxygen atoms in total. The lowest BCUT2D eigenvalue weighted by Gasteiger charge is -2.09. The van der Waals surface area contributed by atoms with Crippen LogP contribution in [0, 0.1) is 17.0 Å². The first-order valence-electron chi connectivity index (χ1n) is 6.20. The first-order chi connectivity index (χ1) is 9.68. The molecule has 1 rings (SSSR count). The van der Waals surface area contributed by atoms with Crippen molar-refractivity contribution in [3.05, 3.63) is 33.4 Å². The number of amides is 1. The zero-order chi connectivity index (χ0) is 16.2. The number of carbonyl (C=O) groups is 1. The van der Waals surface area contributed by atoms with Crippen LogP contribution in [0.3, 0.4) is 0 Å². The number of nitro groups is 1. The molecule has 0 aromatic heterocycles. The van der Waals surface area contributed by atoms with Crippen molar-refractivity contribution in [3.63, 3.8) is 0 Å². The van der Waals surface area contributed by atoms with Crippen LogP contribution in [0.25, 0.3) is 0 Å². The first-order valence-corrected chi connectivity index (χ1v) is 8.51. The minimum Gasteiger partial charge on any atom is -0.352 e. The fourth-order valence-corrected chi connectivity index (χ4v) is 2.49. The maximum atomic E-state index is 12.0. The second-order valence-electron chi connectivity index (χ2n) is 4.42. The highest BCUT2D eigenvalue weighted by molar-refractivity contribution is 8.13. The van der Waals surface area contributed by atoms with Gasteiger partial charge in [-0.1, -0.05) is 13.3 Å². The van der Waals surface area contributed by atoms with E-state index in [-0.39, 0.29) is 11.1 Å². The van der Waals surface area contributed by atoms with Crippen molar-refractivity contribution in [3.8, 4) is 0 Å². The molecular weight excluding hydrogens is 320 g/mol. The van der Waals surface area contributed by atoms with Gasteiger partial charge in [0, 0.05) is 28.9 Å². The molecule has 21 heavy (non-hydrogen) atoms. The maximum absolute atomic E-state index is 12.0. The van der Waals surface area contributed by atoms with E-state index in [1.165, 1.54) is 6.92 Å². The second-order valence-corrected chi connectivity index (χ2v) is 6.99. The largest absolute Gasteiger partial charge is 0.352 e. The summed E-state index contributed by atoms with van der Waals surface area (Å²) in [6, 6.07) is 1.90. The van der Waals surface area contributed by atoms with Gasteiger partial charge in [0.25, 0.3) is 20.6 Å². The Labute approximate surface area is 126 Å². The van der Waals surface area contributed by atoms with Crippen molar-refractivity contribution in [2.24, 2.45) is 0 Å². The van der Waals surface area contributed by atoms with Crippen molar-refractivity contribution in [2.75, 3.05) is 6.54 Å². The van der Waals surface area contributed by atoms with Crippen molar-refractivity contribution >= 4 is 31.3 Å². The average Bonchev–Trinajstić information content (AvgIpc) is 2.37. The number of benzene rings is 1. The summed E-state index contributed by atoms with van der Waals surface area (Å²) in [5.41, 5.74) is -0.435. The van der Waals surface area contributed by atoms with Gasteiger partial charge in [0.15, 0.2) is 0 Å². The molecule has 0 saturated carbocycles. The molecule has 1 amide bonds. The predicted molar refractivity (Wildman–Crippen MR) is 78.1 cm³/mol. The quantitative estimate of drug-likeness (QED) is 0.372. The van der Waals surface area contributed by atoms with Gasteiger partial charge in [-0.3, -0.25) is 14.9 Å². The van der Waals surface area contributed by atoms with Crippen LogP contribution in [-0.4, -0.2) is 25.8 Å². The molecule has 0 heterocycles. The summed E-state index contributed by atoms with van der Waals surface area (Å²) in [4.78, 5) is 21.8. The number of carbonyl (C=O) groups excluding carboxylic acids is 1. The Morgan fingerprint density at radius 2 is 2.05 bits per heavy atom. The minimum atomic E-state index is -4.17. The molecule has 0 aliphatic carbocycles. The SMILES string of the molecule is CCCCNC(=O)c1cc(S(=O)(=O)Cl)cc([N+](=O)[O-])c1C. The van der Waals surface area contributed by atoms with Crippen molar-refractivity contribution < 1.29 is 18.1 Å². The summed E-state index contributed by atoms with van der Waals surface area (Å²) in [7, 11) is 1.04. The lowest BCUT2D eigenvalue weighted by Crippen LogP contribution is -2.25. The Morgan fingerprint density at radius 3 is 2.52 bits per heavy atom. The van der Waals surface area contributed by atoms with E-state index in [0.717, 1.165) is 25.0 Å². The Balaban J connectivity index is 3.33. The van der Waals surface area contributed by atoms with Crippen molar-refractivity contribution in [1.82, 2.24) is 5.32 Å². The Hall–Kier alpha value is -1.67. The fraction of sp³-hybridized carbons (Fsp3) is 0.417. The van der Waals surface area contributed by atoms with Crippen LogP contribution in [0.2, 0.25) is 0 Å². The van der Waals surface area contributed by atoms with Crippen LogP contribution in [-0.2, 0) is 9.05 Å². The topological polar surface area (TPSA) is 106 Å². The summed E-state index contributed by atoms with van der Waals surface area (Å²) >= 11 is 0. The van der Waals surface area contributed by atoms with E-state index in [1.54, 1.807) is 0 Å². The Bertz CT molecular complexity index is 672. The number of nitrogens with zero attached hydrogens (tertiary/aromatic N) is 1. The van der Waals surface area contributed by atoms with Gasteiger partial charge in [-0.25, -0.2) is 8.42 Å². The first kappa shape index (κ1) is 17.4. The maximum Gasteiger partial charge on any atom is 0.274 e. The number of halogens is 1. The monoisotopic (exact) mass is 334 g/mol. The van der Waals surface area contributed by atoms with E-state index in [4.69, 9.17) is 10.7 Å². The number of rotatable bonds is 6. The van der Waals surface area contributed by atoms with Crippen molar-refractivity contribution in [2.45, 2.75) is 31.6 Å². The van der Waals surface area contributed by atoms with E-state index in [2.05, 4.69) is 5.32 Å². The summed E-state index contributed by atoms with van der Waals surface area (Å²) in [6.45, 7) is 3.74. The highest BCUT2D eigenvalue weighted by Gasteiger charge is 2.24. The summed E-state index contributed by atoms with van der Waals surface area (Å²) < 4.78 is 22.7. The Morgan fingerprint density at radius 1 is 1.43 bits per heavy atom. The zero-order valence-electron chi connectivity index (χ0n) is 11.6. The molecule has 9 heteroatoms. The average molecular weight is 335 g/mol. The Kier molecular flexibility index (Phi) is 5.68. The van der Waals surface area contributed by atoms with Gasteiger partial charge in [0.1, 0.15) is 0 Å². The molecule has 116 valence electrons. The van der Waals surface area contributed by atoms with Gasteiger partial charge in [-0.15, -0.1) is 0 Å². The molecule has 0 fully saturated rings. The predicted octanol–water partition coefficient (Wildman–Crippen LogP) is 2.36. The normalized spacial score (nSPS) is 11.2. The molecule has 0 spiro atoms. The van der Waals surface area contributed by atoms with Gasteiger partial charge >= 0.3 is 0 Å². The van der Waals surface area contributed by atoms with Gasteiger partial charge in [-0.2, -0.15) is 0 Å². The molecule has 0 aliphatic rings. The van der Waals surface area contributed by atoms with Gasteiger partial charge < -0.3 is 5.32 Å². The molecule has 0 atom stereocenters. The number of hydrogen-bond acceptors (Lipinski definition) is 5. The number of nitro benzene ring substituents is 1. The van der Waals surface area contributed by atoms with E-state index in [9.17, 15) is 23.3 Å². The summed E-state index contributed by atoms with van der Waals surface area (Å²) in [5.74, 6) is -0.564. The smallest absolute Gasteiger partial charge is 0.274 e. The minimum absolute atomic E-state index is 0.0699. The lowest BCUT2D eigenvalue weighted by molar-refractivity contribution is -0.385. The highest BCUT2D eigenvalue weighted by Crippen LogP contribution is 2.28. The molecule has 0 bridgehead atoms. The van der Waals surface area contributed by atoms with E-state index in [0.29, 0.717) is 6.54 Å². The van der Waals surface area contributed by atoms with Crippen LogP contribution < -0.4 is 5.32 Å². The van der Waals surface area contributed by atoms with Crippen LogP contribution in [0.4, 0.5) is 5.69 Å². The van der Waals surface area contributed by atoms with Gasteiger partial charge in [0.2, 0.25) is 0 Å². The van der Waals surface area contributed by atoms with Gasteiger partial charge in [0.05, 0.1) is 15.4 Å². The van der Waals surface area contributed by atoms with Crippen LogP contribution in [0.15, 0.2) is 17.0 Å². The molecule has 0 unspecified atom stereocenters. The number of nitrogens with one attached hydrogen (secondary N) is 1. The van der Waals surface area contributed by atoms with E-state index in [1.807, 2.05) is 6.92 Å². The molecular formula is C12H15ClN2O5S. The summed E-state index contributed by atoms with van der Waals surface area (Å²) in [5, 5.41) is 13.6. The standard InChI is InChI=1S/C12H15ClN2O5S/c1-3-4-5-14-12(16)10-6-9(21(13,19)20)7-11(8(10)2)15(17)18/h6-7H,3-5H2,1-2H3,(H,14,16). The van der Waals surface area contributed by atoms with Crippen molar-refractivity contribution in [1.29, 1.82) is 0 Å². The third-order valence-electron chi connectivity index (χ3n) is 2.89. The highest BCUT2D eigenvalue weighted by atomic mass is 35.7. The molecule has 1 aromatic carbocycles. The zero-order valence-corrected chi connectivity index (χ0v) is 13.1. The molecule has 1 N–H and O–H groups in total. The van der Waals surface area contributed by atoms with Crippen LogP contribution in [0.1, 0.15) is 35.7 Å². The lowest BCUT2D eigenvalue weighted by atomic mass is 10.1. The third-order valence-corrected chi connectivity index (χ3v) is 4.23. The van der Waals surface area contributed by atoms with Gasteiger partial charge in [-0.05, 0) is 19.4 Å². The third kappa shape index (κ3) is 4.40. The summed E-state index contributed by atoms with van der Waals surface area (Å²) in [6.07, 6.45) is 1.62. The fourth-order valence-electron chi connectivity index (χ4n) is 1.71. The molecule has 0 aliphatic heterocycles. The number of hydrogen-bond donors (Lipinski definition) is 1. The molecule has 0 radical (unpaired) electrons. The van der Waals surface area contributed by atoms with Crippen LogP contribution >= 0.6 is 10.7 Å². The molecule has 1 aromatic rings.